The molecule has 1 N–H and O–H groups in total. The van der Waals surface area contributed by atoms with Gasteiger partial charge in [-0.25, -0.2) is 0 Å². The molecule has 1 aliphatic heterocycles. The fraction of sp³-hybridized carbons (Fsp3) is 0.348. The molecule has 0 atom stereocenters. The van der Waals surface area contributed by atoms with Gasteiger partial charge >= 0.3 is 0 Å². The zero-order valence-corrected chi connectivity index (χ0v) is 18.2. The monoisotopic (exact) mass is 440 g/mol. The third-order valence-electron chi connectivity index (χ3n) is 4.95. The van der Waals surface area contributed by atoms with E-state index in [0.29, 0.717) is 49.1 Å². The van der Waals surface area contributed by atoms with E-state index in [0.717, 1.165) is 17.9 Å². The fourth-order valence-corrected chi connectivity index (χ4v) is 3.66. The lowest BCUT2D eigenvalue weighted by molar-refractivity contribution is -0.115. The maximum Gasteiger partial charge on any atom is 0.253 e. The van der Waals surface area contributed by atoms with Gasteiger partial charge in [-0.05, 0) is 48.9 Å². The molecule has 1 aliphatic rings. The van der Waals surface area contributed by atoms with Gasteiger partial charge in [0.1, 0.15) is 12.2 Å². The molecule has 0 radical (unpaired) electrons. The van der Waals surface area contributed by atoms with E-state index in [9.17, 15) is 9.59 Å². The number of hydrogen-bond donors (Lipinski definition) is 1. The van der Waals surface area contributed by atoms with E-state index in [4.69, 9.17) is 21.6 Å². The Hall–Kier alpha value is -3.24. The van der Waals surface area contributed by atoms with Crippen LogP contribution in [0, 0.1) is 11.3 Å². The quantitative estimate of drug-likeness (QED) is 0.704. The highest BCUT2D eigenvalue weighted by Crippen LogP contribution is 2.30. The van der Waals surface area contributed by atoms with E-state index in [1.165, 1.54) is 0 Å². The van der Waals surface area contributed by atoms with E-state index < -0.39 is 0 Å². The molecule has 2 aromatic rings. The first-order valence-electron chi connectivity index (χ1n) is 10.2. The van der Waals surface area contributed by atoms with Crippen molar-refractivity contribution in [2.45, 2.75) is 19.8 Å². The van der Waals surface area contributed by atoms with E-state index >= 15 is 0 Å². The highest BCUT2D eigenvalue weighted by atomic mass is 35.5. The summed E-state index contributed by atoms with van der Waals surface area (Å²) in [5.41, 5.74) is 2.05. The van der Waals surface area contributed by atoms with E-state index in [2.05, 4.69) is 10.2 Å². The number of carbonyl (C=O) groups excluding carboxylic acids is 2. The molecule has 31 heavy (non-hydrogen) atoms. The zero-order valence-electron chi connectivity index (χ0n) is 17.4. The second-order valence-electron chi connectivity index (χ2n) is 7.20. The van der Waals surface area contributed by atoms with Gasteiger partial charge in [-0.1, -0.05) is 18.5 Å². The number of hydrogen-bond acceptors (Lipinski definition) is 5. The second-order valence-corrected chi connectivity index (χ2v) is 7.61. The predicted molar refractivity (Wildman–Crippen MR) is 121 cm³/mol. The lowest BCUT2D eigenvalue weighted by Gasteiger charge is -2.36. The summed E-state index contributed by atoms with van der Waals surface area (Å²) in [5, 5.41) is 11.7. The normalized spacial score (nSPS) is 13.5. The molecule has 3 rings (SSSR count). The smallest absolute Gasteiger partial charge is 0.253 e. The molecular formula is C23H25ClN4O3. The van der Waals surface area contributed by atoms with Gasteiger partial charge in [-0.2, -0.15) is 5.26 Å². The highest BCUT2D eigenvalue weighted by Gasteiger charge is 2.23. The number of amides is 2. The molecule has 1 saturated heterocycles. The van der Waals surface area contributed by atoms with Crippen molar-refractivity contribution in [2.75, 3.05) is 43.0 Å². The molecule has 0 spiro atoms. The number of nitriles is 1. The molecular weight excluding hydrogens is 416 g/mol. The molecule has 7 nitrogen and oxygen atoms in total. The van der Waals surface area contributed by atoms with Crippen LogP contribution < -0.4 is 15.0 Å². The molecule has 0 aromatic heterocycles. The largest absolute Gasteiger partial charge is 0.494 e. The molecule has 162 valence electrons. The Morgan fingerprint density at radius 1 is 1.13 bits per heavy atom. The van der Waals surface area contributed by atoms with Crippen molar-refractivity contribution in [3.8, 4) is 11.8 Å². The van der Waals surface area contributed by atoms with Gasteiger partial charge < -0.3 is 19.9 Å². The Morgan fingerprint density at radius 2 is 1.84 bits per heavy atom. The Morgan fingerprint density at radius 3 is 2.45 bits per heavy atom. The first-order chi connectivity index (χ1) is 15.0. The van der Waals surface area contributed by atoms with Crippen LogP contribution >= 0.6 is 11.6 Å². The summed E-state index contributed by atoms with van der Waals surface area (Å²) in [6.45, 7) is 5.19. The second kappa shape index (κ2) is 10.7. The number of ether oxygens (including phenoxy) is 1. The summed E-state index contributed by atoms with van der Waals surface area (Å²) >= 11 is 6.42. The summed E-state index contributed by atoms with van der Waals surface area (Å²) in [6.07, 6.45) is 0.734. The molecule has 0 unspecified atom stereocenters. The van der Waals surface area contributed by atoms with Crippen LogP contribution in [0.2, 0.25) is 5.02 Å². The van der Waals surface area contributed by atoms with Gasteiger partial charge in [0.15, 0.2) is 0 Å². The molecule has 0 saturated carbocycles. The number of rotatable bonds is 7. The third kappa shape index (κ3) is 5.89. The number of nitrogens with zero attached hydrogens (tertiary/aromatic N) is 3. The van der Waals surface area contributed by atoms with Crippen LogP contribution in [0.1, 0.15) is 30.1 Å². The maximum atomic E-state index is 12.8. The molecule has 1 fully saturated rings. The van der Waals surface area contributed by atoms with Crippen LogP contribution in [-0.4, -0.2) is 49.5 Å². The van der Waals surface area contributed by atoms with E-state index in [-0.39, 0.29) is 18.2 Å². The Kier molecular flexibility index (Phi) is 7.74. The first kappa shape index (κ1) is 22.4. The van der Waals surface area contributed by atoms with Crippen LogP contribution in [-0.2, 0) is 4.79 Å². The minimum atomic E-state index is -0.372. The van der Waals surface area contributed by atoms with Crippen LogP contribution in [0.4, 0.5) is 11.4 Å². The van der Waals surface area contributed by atoms with Crippen LogP contribution in [0.15, 0.2) is 42.5 Å². The number of nitrogens with one attached hydrogen (secondary N) is 1. The lowest BCUT2D eigenvalue weighted by atomic mass is 10.1. The zero-order chi connectivity index (χ0) is 22.2. The van der Waals surface area contributed by atoms with E-state index in [1.54, 1.807) is 24.3 Å². The molecule has 2 aromatic carbocycles. The number of anilines is 2. The average molecular weight is 441 g/mol. The van der Waals surface area contributed by atoms with E-state index in [1.807, 2.05) is 36.1 Å². The minimum Gasteiger partial charge on any atom is -0.494 e. The first-order valence-corrected chi connectivity index (χ1v) is 10.6. The van der Waals surface area contributed by atoms with Crippen molar-refractivity contribution in [1.82, 2.24) is 4.90 Å². The van der Waals surface area contributed by atoms with Gasteiger partial charge in [0.05, 0.1) is 23.4 Å². The number of benzene rings is 2. The van der Waals surface area contributed by atoms with Crippen molar-refractivity contribution >= 4 is 34.8 Å². The summed E-state index contributed by atoms with van der Waals surface area (Å²) < 4.78 is 5.57. The van der Waals surface area contributed by atoms with Gasteiger partial charge in [0.25, 0.3) is 5.91 Å². The van der Waals surface area contributed by atoms with Crippen molar-refractivity contribution in [3.05, 3.63) is 53.1 Å². The van der Waals surface area contributed by atoms with Crippen LogP contribution in [0.5, 0.6) is 5.75 Å². The van der Waals surface area contributed by atoms with Crippen LogP contribution in [0.3, 0.4) is 0 Å². The van der Waals surface area contributed by atoms with Gasteiger partial charge in [-0.15, -0.1) is 0 Å². The fourth-order valence-electron chi connectivity index (χ4n) is 3.36. The van der Waals surface area contributed by atoms with Gasteiger partial charge in [0, 0.05) is 37.4 Å². The van der Waals surface area contributed by atoms with Gasteiger partial charge in [-0.3, -0.25) is 9.59 Å². The average Bonchev–Trinajstić information content (AvgIpc) is 2.78. The van der Waals surface area contributed by atoms with Crippen LogP contribution in [0.25, 0.3) is 0 Å². The highest BCUT2D eigenvalue weighted by molar-refractivity contribution is 6.33. The minimum absolute atomic E-state index is 0.00309. The Balaban J connectivity index is 1.57. The standard InChI is InChI=1S/C23H25ClN4O3/c1-2-15-31-19-6-3-17(4-7-19)23(30)28-13-11-27(12-14-28)21-8-5-18(16-20(21)24)26-22(29)9-10-25/h3-8,16H,2,9,11-15H2,1H3,(H,26,29). The third-order valence-corrected chi connectivity index (χ3v) is 5.26. The Labute approximate surface area is 187 Å². The summed E-state index contributed by atoms with van der Waals surface area (Å²) in [7, 11) is 0. The number of piperazine rings is 1. The predicted octanol–water partition coefficient (Wildman–Crippen LogP) is 3.94. The SMILES string of the molecule is CCCOc1ccc(C(=O)N2CCN(c3ccc(NC(=O)CC#N)cc3Cl)CC2)cc1. The molecule has 0 bridgehead atoms. The van der Waals surface area contributed by atoms with Gasteiger partial charge in [0.2, 0.25) is 5.91 Å². The number of carbonyl (C=O) groups is 2. The molecule has 2 amide bonds. The summed E-state index contributed by atoms with van der Waals surface area (Å²) in [4.78, 5) is 28.3. The number of halogens is 1. The molecule has 8 heteroatoms. The van der Waals surface area contributed by atoms with Crippen molar-refractivity contribution in [1.29, 1.82) is 5.26 Å². The molecule has 0 aliphatic carbocycles. The lowest BCUT2D eigenvalue weighted by Crippen LogP contribution is -2.48. The Bertz CT molecular complexity index is 964. The molecule has 1 heterocycles. The summed E-state index contributed by atoms with van der Waals surface area (Å²) in [5.74, 6) is 0.400. The maximum absolute atomic E-state index is 12.8. The van der Waals surface area contributed by atoms with Crippen molar-refractivity contribution in [3.63, 3.8) is 0 Å². The topological polar surface area (TPSA) is 85.7 Å². The summed E-state index contributed by atoms with van der Waals surface area (Å²) in [6, 6.07) is 14.3. The van der Waals surface area contributed by atoms with Crippen molar-refractivity contribution in [2.24, 2.45) is 0 Å². The van der Waals surface area contributed by atoms with Crippen molar-refractivity contribution < 1.29 is 14.3 Å².